The highest BCUT2D eigenvalue weighted by atomic mass is 35.5. The summed E-state index contributed by atoms with van der Waals surface area (Å²) in [4.78, 5) is 13.8. The Morgan fingerprint density at radius 3 is 2.80 bits per heavy atom. The molecular weight excluding hydrogens is 467 g/mol. The Morgan fingerprint density at radius 2 is 2.00 bits per heavy atom. The van der Waals surface area contributed by atoms with Crippen molar-refractivity contribution in [2.24, 2.45) is 5.41 Å². The van der Waals surface area contributed by atoms with E-state index in [-0.39, 0.29) is 10.7 Å². The summed E-state index contributed by atoms with van der Waals surface area (Å²) in [5.74, 6) is 0.699. The molecule has 1 aromatic heterocycles. The standard InChI is InChI=1S/C26H32ClFN6O/c1-29-22-14-21-18(25(31-17-30-21)32-20-6-3-5-19(27)24(20)28)13-23(22)35-12-4-9-34-11-8-26(16-34)7-10-33(2)15-26/h3,5-6,13-14,17,29H,4,7-12,15-16H2,1-2H3,(H,30,31,32). The molecule has 0 saturated carbocycles. The number of aromatic nitrogens is 2. The lowest BCUT2D eigenvalue weighted by molar-refractivity contribution is 0.232. The fourth-order valence-electron chi connectivity index (χ4n) is 5.41. The van der Waals surface area contributed by atoms with Gasteiger partial charge in [-0.3, -0.25) is 0 Å². The Balaban J connectivity index is 1.26. The van der Waals surface area contributed by atoms with Crippen LogP contribution in [0, 0.1) is 11.2 Å². The van der Waals surface area contributed by atoms with Crippen molar-refractivity contribution in [3.05, 3.63) is 47.5 Å². The maximum absolute atomic E-state index is 14.5. The monoisotopic (exact) mass is 498 g/mol. The topological polar surface area (TPSA) is 65.6 Å². The molecule has 35 heavy (non-hydrogen) atoms. The van der Waals surface area contributed by atoms with Gasteiger partial charge in [-0.2, -0.15) is 0 Å². The van der Waals surface area contributed by atoms with Crippen molar-refractivity contribution in [2.45, 2.75) is 19.3 Å². The minimum Gasteiger partial charge on any atom is -0.491 e. The molecule has 0 radical (unpaired) electrons. The van der Waals surface area contributed by atoms with Crippen LogP contribution in [0.3, 0.4) is 0 Å². The lowest BCUT2D eigenvalue weighted by atomic mass is 9.86. The first-order valence-corrected chi connectivity index (χ1v) is 12.6. The molecule has 186 valence electrons. The molecule has 0 amide bonds. The Bertz CT molecular complexity index is 1210. The summed E-state index contributed by atoms with van der Waals surface area (Å²) in [5, 5.41) is 7.05. The van der Waals surface area contributed by atoms with Gasteiger partial charge in [-0.05, 0) is 69.1 Å². The molecule has 0 bridgehead atoms. The third kappa shape index (κ3) is 5.15. The summed E-state index contributed by atoms with van der Waals surface area (Å²) >= 11 is 5.94. The van der Waals surface area contributed by atoms with Gasteiger partial charge in [0.15, 0.2) is 5.82 Å². The molecule has 1 spiro atoms. The number of likely N-dealkylation sites (tertiary alicyclic amines) is 2. The van der Waals surface area contributed by atoms with E-state index >= 15 is 0 Å². The van der Waals surface area contributed by atoms with Gasteiger partial charge < -0.3 is 25.2 Å². The molecule has 2 N–H and O–H groups in total. The summed E-state index contributed by atoms with van der Waals surface area (Å²) in [6.45, 7) is 6.47. The molecule has 5 rings (SSSR count). The number of anilines is 3. The molecule has 2 aliphatic heterocycles. The number of halogens is 2. The highest BCUT2D eigenvalue weighted by Gasteiger charge is 2.41. The molecule has 9 heteroatoms. The molecule has 3 heterocycles. The molecule has 1 unspecified atom stereocenters. The Morgan fingerprint density at radius 1 is 1.14 bits per heavy atom. The summed E-state index contributed by atoms with van der Waals surface area (Å²) in [6.07, 6.45) is 5.03. The molecular formula is C26H32ClFN6O. The SMILES string of the molecule is CNc1cc2ncnc(Nc3cccc(Cl)c3F)c2cc1OCCCN1CCC2(CCN(C)C2)C1. The Labute approximate surface area is 210 Å². The van der Waals surface area contributed by atoms with E-state index in [1.807, 2.05) is 19.2 Å². The number of benzene rings is 2. The second-order valence-corrected chi connectivity index (χ2v) is 10.2. The smallest absolute Gasteiger partial charge is 0.165 e. The van der Waals surface area contributed by atoms with Crippen LogP contribution in [0.1, 0.15) is 19.3 Å². The fraction of sp³-hybridized carbons (Fsp3) is 0.462. The zero-order chi connectivity index (χ0) is 24.4. The molecule has 1 atom stereocenters. The van der Waals surface area contributed by atoms with Crippen LogP contribution in [0.15, 0.2) is 36.7 Å². The van der Waals surface area contributed by atoms with E-state index in [9.17, 15) is 4.39 Å². The van der Waals surface area contributed by atoms with E-state index in [0.717, 1.165) is 35.3 Å². The van der Waals surface area contributed by atoms with Gasteiger partial charge >= 0.3 is 0 Å². The predicted octanol–water partition coefficient (Wildman–Crippen LogP) is 5.00. The van der Waals surface area contributed by atoms with Gasteiger partial charge in [-0.15, -0.1) is 0 Å². The molecule has 7 nitrogen and oxygen atoms in total. The minimum atomic E-state index is -0.516. The van der Waals surface area contributed by atoms with E-state index in [1.54, 1.807) is 12.1 Å². The largest absolute Gasteiger partial charge is 0.491 e. The second kappa shape index (κ2) is 10.1. The average Bonchev–Trinajstić information content (AvgIpc) is 3.43. The van der Waals surface area contributed by atoms with Crippen molar-refractivity contribution in [3.8, 4) is 5.75 Å². The Hall–Kier alpha value is -2.68. The number of rotatable bonds is 8. The highest BCUT2D eigenvalue weighted by Crippen LogP contribution is 2.39. The second-order valence-electron chi connectivity index (χ2n) is 9.78. The van der Waals surface area contributed by atoms with Gasteiger partial charge in [0, 0.05) is 32.1 Å². The lowest BCUT2D eigenvalue weighted by Crippen LogP contribution is -2.30. The minimum absolute atomic E-state index is 0.0544. The molecule has 0 aliphatic carbocycles. The third-order valence-electron chi connectivity index (χ3n) is 7.23. The fourth-order valence-corrected chi connectivity index (χ4v) is 5.58. The number of hydrogen-bond acceptors (Lipinski definition) is 7. The maximum atomic E-state index is 14.5. The van der Waals surface area contributed by atoms with Crippen LogP contribution >= 0.6 is 11.6 Å². The van der Waals surface area contributed by atoms with Crippen LogP contribution in [0.2, 0.25) is 5.02 Å². The van der Waals surface area contributed by atoms with E-state index < -0.39 is 5.82 Å². The number of nitrogens with one attached hydrogen (secondary N) is 2. The molecule has 2 saturated heterocycles. The van der Waals surface area contributed by atoms with Gasteiger partial charge in [0.1, 0.15) is 17.9 Å². The summed E-state index contributed by atoms with van der Waals surface area (Å²) in [5.41, 5.74) is 2.34. The van der Waals surface area contributed by atoms with Crippen molar-refractivity contribution in [1.82, 2.24) is 19.8 Å². The number of hydrogen-bond donors (Lipinski definition) is 2. The zero-order valence-corrected chi connectivity index (χ0v) is 21.0. The first kappa shape index (κ1) is 24.0. The van der Waals surface area contributed by atoms with E-state index in [4.69, 9.17) is 16.3 Å². The highest BCUT2D eigenvalue weighted by molar-refractivity contribution is 6.31. The van der Waals surface area contributed by atoms with Crippen molar-refractivity contribution in [1.29, 1.82) is 0 Å². The Kier molecular flexibility index (Phi) is 6.95. The van der Waals surface area contributed by atoms with Crippen molar-refractivity contribution < 1.29 is 9.13 Å². The zero-order valence-electron chi connectivity index (χ0n) is 20.3. The number of nitrogens with zero attached hydrogens (tertiary/aromatic N) is 4. The van der Waals surface area contributed by atoms with E-state index in [2.05, 4.69) is 37.4 Å². The molecule has 2 aromatic carbocycles. The average molecular weight is 499 g/mol. The molecule has 3 aromatic rings. The number of ether oxygens (including phenoxy) is 1. The van der Waals surface area contributed by atoms with E-state index in [0.29, 0.717) is 17.8 Å². The molecule has 2 aliphatic rings. The summed E-state index contributed by atoms with van der Waals surface area (Å²) in [6, 6.07) is 8.66. The van der Waals surface area contributed by atoms with Crippen LogP contribution in [0.25, 0.3) is 10.9 Å². The summed E-state index contributed by atoms with van der Waals surface area (Å²) in [7, 11) is 4.09. The van der Waals surface area contributed by atoms with Gasteiger partial charge in [0.25, 0.3) is 0 Å². The maximum Gasteiger partial charge on any atom is 0.165 e. The first-order valence-electron chi connectivity index (χ1n) is 12.2. The lowest BCUT2D eigenvalue weighted by Gasteiger charge is -2.24. The normalized spacial score (nSPS) is 20.7. The van der Waals surface area contributed by atoms with Crippen LogP contribution in [-0.2, 0) is 0 Å². The van der Waals surface area contributed by atoms with Crippen molar-refractivity contribution >= 4 is 39.7 Å². The van der Waals surface area contributed by atoms with Crippen LogP contribution in [-0.4, -0.2) is 73.2 Å². The van der Waals surface area contributed by atoms with E-state index in [1.165, 1.54) is 51.4 Å². The van der Waals surface area contributed by atoms with Gasteiger partial charge in [0.05, 0.1) is 28.5 Å². The first-order chi connectivity index (χ1) is 17.0. The predicted molar refractivity (Wildman–Crippen MR) is 139 cm³/mol. The van der Waals surface area contributed by atoms with Gasteiger partial charge in [-0.1, -0.05) is 17.7 Å². The quantitative estimate of drug-likeness (QED) is 0.423. The summed E-state index contributed by atoms with van der Waals surface area (Å²) < 4.78 is 20.7. The van der Waals surface area contributed by atoms with Crippen LogP contribution in [0.4, 0.5) is 21.6 Å². The van der Waals surface area contributed by atoms with Crippen molar-refractivity contribution in [2.75, 3.05) is 64.1 Å². The van der Waals surface area contributed by atoms with Crippen LogP contribution in [0.5, 0.6) is 5.75 Å². The third-order valence-corrected chi connectivity index (χ3v) is 7.53. The van der Waals surface area contributed by atoms with Gasteiger partial charge in [0.2, 0.25) is 0 Å². The van der Waals surface area contributed by atoms with Crippen molar-refractivity contribution in [3.63, 3.8) is 0 Å². The molecule has 2 fully saturated rings. The number of fused-ring (bicyclic) bond motifs is 1. The van der Waals surface area contributed by atoms with Crippen LogP contribution < -0.4 is 15.4 Å². The van der Waals surface area contributed by atoms with Gasteiger partial charge in [-0.25, -0.2) is 14.4 Å².